The van der Waals surface area contributed by atoms with Crippen LogP contribution in [0.2, 0.25) is 0 Å². The third-order valence-corrected chi connectivity index (χ3v) is 1.92. The highest BCUT2D eigenvalue weighted by Gasteiger charge is 2.04. The van der Waals surface area contributed by atoms with E-state index in [1.165, 1.54) is 18.4 Å². The summed E-state index contributed by atoms with van der Waals surface area (Å²) in [5.74, 6) is 0.639. The fourth-order valence-corrected chi connectivity index (χ4v) is 1.21. The summed E-state index contributed by atoms with van der Waals surface area (Å²) < 4.78 is 0. The molecule has 0 aromatic rings. The summed E-state index contributed by atoms with van der Waals surface area (Å²) in [5, 5.41) is 3.14. The van der Waals surface area contributed by atoms with Crippen LogP contribution in [0, 0.1) is 5.92 Å². The SMILES string of the molecule is CNCC1=CN=CC(C)CC1. The van der Waals surface area contributed by atoms with E-state index in [1.54, 1.807) is 0 Å². The summed E-state index contributed by atoms with van der Waals surface area (Å²) in [6.07, 6.45) is 6.43. The van der Waals surface area contributed by atoms with Gasteiger partial charge in [-0.1, -0.05) is 6.92 Å². The predicted octanol–water partition coefficient (Wildman–Crippen LogP) is 1.59. The molecule has 1 heterocycles. The van der Waals surface area contributed by atoms with E-state index in [4.69, 9.17) is 0 Å². The van der Waals surface area contributed by atoms with Crippen LogP contribution in [-0.2, 0) is 0 Å². The lowest BCUT2D eigenvalue weighted by atomic mass is 10.0. The van der Waals surface area contributed by atoms with Gasteiger partial charge in [0, 0.05) is 19.0 Å². The number of likely N-dealkylation sites (N-methyl/N-ethyl adjacent to an activating group) is 1. The third kappa shape index (κ3) is 2.85. The van der Waals surface area contributed by atoms with E-state index in [9.17, 15) is 0 Å². The second kappa shape index (κ2) is 4.29. The molecule has 0 aromatic carbocycles. The number of aliphatic imine (C=N–C) groups is 1. The van der Waals surface area contributed by atoms with Gasteiger partial charge in [0.25, 0.3) is 0 Å². The van der Waals surface area contributed by atoms with E-state index < -0.39 is 0 Å². The Morgan fingerprint density at radius 1 is 1.73 bits per heavy atom. The Morgan fingerprint density at radius 3 is 3.27 bits per heavy atom. The molecule has 0 aliphatic carbocycles. The van der Waals surface area contributed by atoms with Crippen molar-refractivity contribution in [3.63, 3.8) is 0 Å². The van der Waals surface area contributed by atoms with Crippen LogP contribution in [0.3, 0.4) is 0 Å². The standard InChI is InChI=1S/C9H16N2/c1-8-3-4-9(6-10-2)7-11-5-8/h5,7-8,10H,3-4,6H2,1-2H3. The Labute approximate surface area is 68.4 Å². The minimum Gasteiger partial charge on any atom is -0.316 e. The Balaban J connectivity index is 2.45. The molecule has 0 aromatic heterocycles. The van der Waals surface area contributed by atoms with E-state index in [2.05, 4.69) is 17.2 Å². The van der Waals surface area contributed by atoms with Crippen molar-refractivity contribution >= 4 is 6.21 Å². The first-order chi connectivity index (χ1) is 5.33. The first kappa shape index (κ1) is 8.47. The predicted molar refractivity (Wildman–Crippen MR) is 48.9 cm³/mol. The lowest BCUT2D eigenvalue weighted by Gasteiger charge is -2.04. The van der Waals surface area contributed by atoms with Crippen molar-refractivity contribution in [2.45, 2.75) is 19.8 Å². The highest BCUT2D eigenvalue weighted by molar-refractivity contribution is 5.61. The van der Waals surface area contributed by atoms with Crippen molar-refractivity contribution in [2.75, 3.05) is 13.6 Å². The molecule has 0 saturated heterocycles. The summed E-state index contributed by atoms with van der Waals surface area (Å²) >= 11 is 0. The van der Waals surface area contributed by atoms with Crippen LogP contribution < -0.4 is 5.32 Å². The smallest absolute Gasteiger partial charge is 0.0268 e. The van der Waals surface area contributed by atoms with Crippen LogP contribution in [0.25, 0.3) is 0 Å². The highest BCUT2D eigenvalue weighted by atomic mass is 14.8. The van der Waals surface area contributed by atoms with Gasteiger partial charge in [0.15, 0.2) is 0 Å². The summed E-state index contributed by atoms with van der Waals surface area (Å²) in [5.41, 5.74) is 1.41. The van der Waals surface area contributed by atoms with E-state index in [-0.39, 0.29) is 0 Å². The van der Waals surface area contributed by atoms with Gasteiger partial charge in [0.2, 0.25) is 0 Å². The lowest BCUT2D eigenvalue weighted by molar-refractivity contribution is 0.678. The quantitative estimate of drug-likeness (QED) is 0.638. The zero-order valence-electron chi connectivity index (χ0n) is 7.30. The molecule has 2 heteroatoms. The van der Waals surface area contributed by atoms with E-state index in [0.717, 1.165) is 6.54 Å². The fraction of sp³-hybridized carbons (Fsp3) is 0.667. The maximum Gasteiger partial charge on any atom is 0.0268 e. The lowest BCUT2D eigenvalue weighted by Crippen LogP contribution is -2.10. The molecule has 1 N–H and O–H groups in total. The van der Waals surface area contributed by atoms with Gasteiger partial charge in [-0.3, -0.25) is 4.99 Å². The molecular formula is C9H16N2. The molecule has 62 valence electrons. The maximum atomic E-state index is 4.22. The van der Waals surface area contributed by atoms with Gasteiger partial charge < -0.3 is 5.32 Å². The first-order valence-electron chi connectivity index (χ1n) is 4.18. The molecule has 1 atom stereocenters. The Kier molecular flexibility index (Phi) is 3.30. The van der Waals surface area contributed by atoms with Crippen LogP contribution in [0.4, 0.5) is 0 Å². The molecule has 1 aliphatic rings. The van der Waals surface area contributed by atoms with Gasteiger partial charge in [-0.15, -0.1) is 0 Å². The second-order valence-corrected chi connectivity index (χ2v) is 3.13. The molecule has 1 rings (SSSR count). The topological polar surface area (TPSA) is 24.4 Å². The normalized spacial score (nSPS) is 24.5. The van der Waals surface area contributed by atoms with Gasteiger partial charge in [0.1, 0.15) is 0 Å². The zero-order chi connectivity index (χ0) is 8.10. The average molecular weight is 152 g/mol. The van der Waals surface area contributed by atoms with Gasteiger partial charge in [0.05, 0.1) is 0 Å². The molecule has 0 amide bonds. The van der Waals surface area contributed by atoms with Crippen LogP contribution in [0.15, 0.2) is 16.8 Å². The van der Waals surface area contributed by atoms with Gasteiger partial charge in [-0.2, -0.15) is 0 Å². The Bertz CT molecular complexity index is 170. The monoisotopic (exact) mass is 152 g/mol. The van der Waals surface area contributed by atoms with Crippen molar-refractivity contribution in [3.8, 4) is 0 Å². The molecule has 0 radical (unpaired) electrons. The van der Waals surface area contributed by atoms with E-state index >= 15 is 0 Å². The molecular weight excluding hydrogens is 136 g/mol. The summed E-state index contributed by atoms with van der Waals surface area (Å²) in [4.78, 5) is 4.22. The number of hydrogen-bond acceptors (Lipinski definition) is 2. The summed E-state index contributed by atoms with van der Waals surface area (Å²) in [6.45, 7) is 3.18. The van der Waals surface area contributed by atoms with Crippen molar-refractivity contribution < 1.29 is 0 Å². The van der Waals surface area contributed by atoms with Crippen molar-refractivity contribution in [3.05, 3.63) is 11.8 Å². The van der Waals surface area contributed by atoms with Crippen LogP contribution in [0.5, 0.6) is 0 Å². The summed E-state index contributed by atoms with van der Waals surface area (Å²) in [6, 6.07) is 0. The van der Waals surface area contributed by atoms with Crippen molar-refractivity contribution in [2.24, 2.45) is 10.9 Å². The van der Waals surface area contributed by atoms with Gasteiger partial charge in [-0.25, -0.2) is 0 Å². The van der Waals surface area contributed by atoms with Crippen LogP contribution in [0.1, 0.15) is 19.8 Å². The molecule has 1 unspecified atom stereocenters. The van der Waals surface area contributed by atoms with Crippen molar-refractivity contribution in [1.82, 2.24) is 5.32 Å². The number of nitrogens with zero attached hydrogens (tertiary/aromatic N) is 1. The Hall–Kier alpha value is -0.630. The molecule has 1 aliphatic heterocycles. The molecule has 0 saturated carbocycles. The highest BCUT2D eigenvalue weighted by Crippen LogP contribution is 2.13. The maximum absolute atomic E-state index is 4.22. The molecule has 11 heavy (non-hydrogen) atoms. The fourth-order valence-electron chi connectivity index (χ4n) is 1.21. The average Bonchev–Trinajstić information content (AvgIpc) is 2.17. The second-order valence-electron chi connectivity index (χ2n) is 3.13. The largest absolute Gasteiger partial charge is 0.316 e. The third-order valence-electron chi connectivity index (χ3n) is 1.92. The Morgan fingerprint density at radius 2 is 2.55 bits per heavy atom. The van der Waals surface area contributed by atoms with E-state index in [1.807, 2.05) is 19.5 Å². The molecule has 0 bridgehead atoms. The molecule has 2 nitrogen and oxygen atoms in total. The van der Waals surface area contributed by atoms with Gasteiger partial charge in [-0.05, 0) is 31.4 Å². The minimum absolute atomic E-state index is 0.639. The van der Waals surface area contributed by atoms with Crippen LogP contribution in [-0.4, -0.2) is 19.8 Å². The summed E-state index contributed by atoms with van der Waals surface area (Å²) in [7, 11) is 1.97. The number of nitrogens with one attached hydrogen (secondary N) is 1. The first-order valence-corrected chi connectivity index (χ1v) is 4.18. The van der Waals surface area contributed by atoms with Crippen molar-refractivity contribution in [1.29, 1.82) is 0 Å². The molecule has 0 fully saturated rings. The minimum atomic E-state index is 0.639. The van der Waals surface area contributed by atoms with E-state index in [0.29, 0.717) is 5.92 Å². The number of rotatable bonds is 2. The zero-order valence-corrected chi connectivity index (χ0v) is 7.30. The molecule has 0 spiro atoms. The van der Waals surface area contributed by atoms with Gasteiger partial charge >= 0.3 is 0 Å². The number of hydrogen-bond donors (Lipinski definition) is 1. The van der Waals surface area contributed by atoms with Crippen LogP contribution >= 0.6 is 0 Å².